The zero-order chi connectivity index (χ0) is 14.7. The zero-order valence-electron chi connectivity index (χ0n) is 11.8. The molecule has 1 N–H and O–H groups in total. The van der Waals surface area contributed by atoms with Gasteiger partial charge in [0.25, 0.3) is 0 Å². The van der Waals surface area contributed by atoms with Crippen molar-refractivity contribution in [1.29, 1.82) is 0 Å². The molecule has 0 atom stereocenters. The number of hydrogen-bond donors (Lipinski definition) is 1. The summed E-state index contributed by atoms with van der Waals surface area (Å²) in [6.07, 6.45) is 0. The third-order valence-electron chi connectivity index (χ3n) is 3.74. The summed E-state index contributed by atoms with van der Waals surface area (Å²) in [7, 11) is 0. The second kappa shape index (κ2) is 6.48. The predicted molar refractivity (Wildman–Crippen MR) is 84.6 cm³/mol. The van der Waals surface area contributed by atoms with E-state index in [0.717, 1.165) is 43.0 Å². The van der Waals surface area contributed by atoms with Crippen LogP contribution in [0.2, 0.25) is 5.02 Å². The first-order valence-corrected chi connectivity index (χ1v) is 7.49. The van der Waals surface area contributed by atoms with E-state index in [1.54, 1.807) is 0 Å². The fourth-order valence-electron chi connectivity index (χ4n) is 2.61. The first-order chi connectivity index (χ1) is 10.2. The van der Waals surface area contributed by atoms with Crippen molar-refractivity contribution in [2.45, 2.75) is 6.54 Å². The third-order valence-corrected chi connectivity index (χ3v) is 3.95. The van der Waals surface area contributed by atoms with Gasteiger partial charge in [-0.1, -0.05) is 41.9 Å². The van der Waals surface area contributed by atoms with E-state index in [1.165, 1.54) is 0 Å². The van der Waals surface area contributed by atoms with Crippen LogP contribution in [0.25, 0.3) is 11.1 Å². The van der Waals surface area contributed by atoms with Crippen molar-refractivity contribution in [2.24, 2.45) is 0 Å². The van der Waals surface area contributed by atoms with Crippen LogP contribution in [0.15, 0.2) is 42.5 Å². The summed E-state index contributed by atoms with van der Waals surface area (Å²) in [5, 5.41) is 11.2. The Bertz CT molecular complexity index is 610. The van der Waals surface area contributed by atoms with Gasteiger partial charge in [0.05, 0.1) is 13.2 Å². The number of hydrogen-bond acceptors (Lipinski definition) is 3. The van der Waals surface area contributed by atoms with Gasteiger partial charge in [0.1, 0.15) is 5.75 Å². The van der Waals surface area contributed by atoms with E-state index < -0.39 is 0 Å². The van der Waals surface area contributed by atoms with Gasteiger partial charge in [-0.2, -0.15) is 0 Å². The number of morpholine rings is 1. The maximum Gasteiger partial charge on any atom is 0.127 e. The van der Waals surface area contributed by atoms with Gasteiger partial charge >= 0.3 is 0 Å². The summed E-state index contributed by atoms with van der Waals surface area (Å²) in [5.41, 5.74) is 2.62. The van der Waals surface area contributed by atoms with Crippen molar-refractivity contribution in [2.75, 3.05) is 26.3 Å². The standard InChI is InChI=1S/C17H18ClNO2/c18-15-10-14(12-19-6-8-21-9-7-19)17(20)16(11-15)13-4-2-1-3-5-13/h1-5,10-11,20H,6-9,12H2. The second-order valence-electron chi connectivity index (χ2n) is 5.22. The van der Waals surface area contributed by atoms with E-state index >= 15 is 0 Å². The molecule has 0 amide bonds. The highest BCUT2D eigenvalue weighted by Crippen LogP contribution is 2.35. The van der Waals surface area contributed by atoms with Gasteiger partial charge < -0.3 is 9.84 Å². The summed E-state index contributed by atoms with van der Waals surface area (Å²) >= 11 is 6.24. The van der Waals surface area contributed by atoms with E-state index in [2.05, 4.69) is 4.90 Å². The number of benzene rings is 2. The molecule has 3 nitrogen and oxygen atoms in total. The smallest absolute Gasteiger partial charge is 0.127 e. The SMILES string of the molecule is Oc1c(CN2CCOCC2)cc(Cl)cc1-c1ccccc1. The fraction of sp³-hybridized carbons (Fsp3) is 0.294. The van der Waals surface area contributed by atoms with Crippen LogP contribution in [0, 0.1) is 0 Å². The Hall–Kier alpha value is -1.55. The summed E-state index contributed by atoms with van der Waals surface area (Å²) in [5.74, 6) is 0.317. The molecule has 3 rings (SSSR count). The van der Waals surface area contributed by atoms with Crippen molar-refractivity contribution in [3.05, 3.63) is 53.1 Å². The number of rotatable bonds is 3. The molecule has 1 aliphatic heterocycles. The molecule has 0 bridgehead atoms. The van der Waals surface area contributed by atoms with E-state index in [4.69, 9.17) is 16.3 Å². The van der Waals surface area contributed by atoms with Crippen molar-refractivity contribution in [3.63, 3.8) is 0 Å². The summed E-state index contributed by atoms with van der Waals surface area (Å²) in [4.78, 5) is 2.27. The molecule has 1 heterocycles. The molecule has 1 aliphatic rings. The lowest BCUT2D eigenvalue weighted by Crippen LogP contribution is -2.35. The number of nitrogens with zero attached hydrogens (tertiary/aromatic N) is 1. The van der Waals surface area contributed by atoms with E-state index in [0.29, 0.717) is 17.3 Å². The number of phenolic OH excluding ortho intramolecular Hbond substituents is 1. The molecule has 0 saturated carbocycles. The van der Waals surface area contributed by atoms with E-state index in [1.807, 2.05) is 42.5 Å². The van der Waals surface area contributed by atoms with Crippen LogP contribution in [0.1, 0.15) is 5.56 Å². The Morgan fingerprint density at radius 2 is 1.81 bits per heavy atom. The van der Waals surface area contributed by atoms with Crippen molar-refractivity contribution < 1.29 is 9.84 Å². The Morgan fingerprint density at radius 1 is 1.10 bits per heavy atom. The summed E-state index contributed by atoms with van der Waals surface area (Å²) in [6.45, 7) is 3.94. The van der Waals surface area contributed by atoms with Crippen LogP contribution >= 0.6 is 11.6 Å². The van der Waals surface area contributed by atoms with Gasteiger partial charge in [-0.25, -0.2) is 0 Å². The molecule has 0 radical (unpaired) electrons. The molecule has 0 spiro atoms. The minimum atomic E-state index is 0.317. The maximum atomic E-state index is 10.6. The Kier molecular flexibility index (Phi) is 4.44. The van der Waals surface area contributed by atoms with Gasteiger partial charge in [-0.3, -0.25) is 4.90 Å². The quantitative estimate of drug-likeness (QED) is 0.941. The fourth-order valence-corrected chi connectivity index (χ4v) is 2.85. The molecule has 4 heteroatoms. The molecular weight excluding hydrogens is 286 g/mol. The highest BCUT2D eigenvalue weighted by molar-refractivity contribution is 6.31. The summed E-state index contributed by atoms with van der Waals surface area (Å²) < 4.78 is 5.35. The van der Waals surface area contributed by atoms with E-state index in [-0.39, 0.29) is 0 Å². The van der Waals surface area contributed by atoms with Crippen LogP contribution in [-0.2, 0) is 11.3 Å². The molecule has 0 unspecified atom stereocenters. The van der Waals surface area contributed by atoms with Gasteiger partial charge in [-0.05, 0) is 17.7 Å². The lowest BCUT2D eigenvalue weighted by Gasteiger charge is -2.27. The molecule has 110 valence electrons. The number of phenols is 1. The average Bonchev–Trinajstić information content (AvgIpc) is 2.52. The molecule has 0 aliphatic carbocycles. The lowest BCUT2D eigenvalue weighted by atomic mass is 10.0. The molecule has 2 aromatic carbocycles. The minimum Gasteiger partial charge on any atom is -0.507 e. The highest BCUT2D eigenvalue weighted by atomic mass is 35.5. The van der Waals surface area contributed by atoms with Crippen molar-refractivity contribution in [1.82, 2.24) is 4.90 Å². The number of ether oxygens (including phenoxy) is 1. The zero-order valence-corrected chi connectivity index (χ0v) is 12.5. The van der Waals surface area contributed by atoms with E-state index in [9.17, 15) is 5.11 Å². The Balaban J connectivity index is 1.92. The average molecular weight is 304 g/mol. The first-order valence-electron chi connectivity index (χ1n) is 7.11. The molecule has 1 saturated heterocycles. The molecule has 1 fully saturated rings. The van der Waals surface area contributed by atoms with Gasteiger partial charge in [0, 0.05) is 35.8 Å². The summed E-state index contributed by atoms with van der Waals surface area (Å²) in [6, 6.07) is 13.5. The topological polar surface area (TPSA) is 32.7 Å². The van der Waals surface area contributed by atoms with Crippen LogP contribution in [0.3, 0.4) is 0 Å². The minimum absolute atomic E-state index is 0.317. The van der Waals surface area contributed by atoms with Crippen molar-refractivity contribution in [3.8, 4) is 16.9 Å². The largest absolute Gasteiger partial charge is 0.507 e. The highest BCUT2D eigenvalue weighted by Gasteiger charge is 2.16. The maximum absolute atomic E-state index is 10.6. The van der Waals surface area contributed by atoms with Crippen LogP contribution < -0.4 is 0 Å². The van der Waals surface area contributed by atoms with Crippen LogP contribution in [0.4, 0.5) is 0 Å². The monoisotopic (exact) mass is 303 g/mol. The first kappa shape index (κ1) is 14.4. The molecule has 21 heavy (non-hydrogen) atoms. The van der Waals surface area contributed by atoms with Gasteiger partial charge in [-0.15, -0.1) is 0 Å². The van der Waals surface area contributed by atoms with Gasteiger partial charge in [0.15, 0.2) is 0 Å². The lowest BCUT2D eigenvalue weighted by molar-refractivity contribution is 0.0339. The predicted octanol–water partition coefficient (Wildman–Crippen LogP) is 3.54. The Labute approximate surface area is 129 Å². The Morgan fingerprint density at radius 3 is 2.52 bits per heavy atom. The van der Waals surface area contributed by atoms with Crippen LogP contribution in [0.5, 0.6) is 5.75 Å². The van der Waals surface area contributed by atoms with Gasteiger partial charge in [0.2, 0.25) is 0 Å². The third kappa shape index (κ3) is 3.38. The second-order valence-corrected chi connectivity index (χ2v) is 5.65. The molecule has 2 aromatic rings. The molecule has 0 aromatic heterocycles. The number of halogens is 1. The van der Waals surface area contributed by atoms with Crippen LogP contribution in [-0.4, -0.2) is 36.3 Å². The normalized spacial score (nSPS) is 16.0. The number of aromatic hydroxyl groups is 1. The van der Waals surface area contributed by atoms with Crippen molar-refractivity contribution >= 4 is 11.6 Å². The molecular formula is C17H18ClNO2.